The minimum Gasteiger partial charge on any atom is -0.338 e. The summed E-state index contributed by atoms with van der Waals surface area (Å²) in [5.74, 6) is -0.244. The highest BCUT2D eigenvalue weighted by atomic mass is 19.1. The molecule has 2 aromatic rings. The van der Waals surface area contributed by atoms with E-state index in [2.05, 4.69) is 38.2 Å². The monoisotopic (exact) mass is 281 g/mol. The fourth-order valence-electron chi connectivity index (χ4n) is 2.74. The molecule has 0 bridgehead atoms. The van der Waals surface area contributed by atoms with Gasteiger partial charge in [0.25, 0.3) is 0 Å². The van der Waals surface area contributed by atoms with Crippen molar-refractivity contribution in [2.24, 2.45) is 0 Å². The van der Waals surface area contributed by atoms with E-state index in [4.69, 9.17) is 0 Å². The Morgan fingerprint density at radius 3 is 1.95 bits per heavy atom. The third-order valence-corrected chi connectivity index (χ3v) is 3.56. The van der Waals surface area contributed by atoms with E-state index in [1.807, 2.05) is 18.2 Å². The minimum absolute atomic E-state index is 0.244. The molecule has 0 aliphatic rings. The largest absolute Gasteiger partial charge is 0.338 e. The zero-order valence-electron chi connectivity index (χ0n) is 12.6. The molecule has 2 rings (SSSR count). The summed E-state index contributed by atoms with van der Waals surface area (Å²) in [4.78, 5) is 0. The Hall–Kier alpha value is -2.35. The first-order valence-corrected chi connectivity index (χ1v) is 6.96. The fourth-order valence-corrected chi connectivity index (χ4v) is 2.74. The average molecular weight is 281 g/mol. The number of halogens is 1. The summed E-state index contributed by atoms with van der Waals surface area (Å²) in [7, 11) is 0. The Balaban J connectivity index is 2.86. The lowest BCUT2D eigenvalue weighted by Crippen LogP contribution is -2.05. The molecule has 0 atom stereocenters. The first kappa shape index (κ1) is 15.0. The van der Waals surface area contributed by atoms with Gasteiger partial charge in [-0.3, -0.25) is 0 Å². The van der Waals surface area contributed by atoms with Crippen molar-refractivity contribution in [3.63, 3.8) is 0 Å². The molecule has 0 radical (unpaired) electrons. The number of aromatic nitrogens is 1. The predicted octanol–water partition coefficient (Wildman–Crippen LogP) is 5.80. The van der Waals surface area contributed by atoms with Gasteiger partial charge in [0.1, 0.15) is 5.82 Å². The smallest absolute Gasteiger partial charge is 0.123 e. The Morgan fingerprint density at radius 1 is 0.952 bits per heavy atom. The lowest BCUT2D eigenvalue weighted by molar-refractivity contribution is 0.595. The van der Waals surface area contributed by atoms with Crippen LogP contribution in [0, 0.1) is 5.82 Å². The molecule has 0 N–H and O–H groups in total. The van der Waals surface area contributed by atoms with Crippen LogP contribution >= 0.6 is 0 Å². The summed E-state index contributed by atoms with van der Waals surface area (Å²) in [6, 6.07) is 6.76. The number of rotatable bonds is 5. The molecule has 108 valence electrons. The zero-order chi connectivity index (χ0) is 15.6. The molecule has 1 aromatic heterocycles. The van der Waals surface area contributed by atoms with Crippen molar-refractivity contribution in [3.8, 4) is 11.1 Å². The second-order valence-corrected chi connectivity index (χ2v) is 5.14. The van der Waals surface area contributed by atoms with Gasteiger partial charge in [0, 0.05) is 28.6 Å². The van der Waals surface area contributed by atoms with Crippen LogP contribution in [0.4, 0.5) is 4.39 Å². The summed E-state index contributed by atoms with van der Waals surface area (Å²) in [6.07, 6.45) is 5.48. The second kappa shape index (κ2) is 5.96. The highest BCUT2D eigenvalue weighted by Crippen LogP contribution is 2.37. The zero-order valence-corrected chi connectivity index (χ0v) is 12.6. The van der Waals surface area contributed by atoms with Crippen LogP contribution in [0.2, 0.25) is 0 Å². The van der Waals surface area contributed by atoms with Crippen molar-refractivity contribution < 1.29 is 4.39 Å². The molecule has 1 aromatic carbocycles. The van der Waals surface area contributed by atoms with Gasteiger partial charge in [-0.25, -0.2) is 4.39 Å². The van der Waals surface area contributed by atoms with E-state index in [1.54, 1.807) is 12.1 Å². The molecule has 0 spiro atoms. The lowest BCUT2D eigenvalue weighted by atomic mass is 10.00. The van der Waals surface area contributed by atoms with Crippen molar-refractivity contribution >= 4 is 18.2 Å². The normalized spacial score (nSPS) is 10.7. The van der Waals surface area contributed by atoms with Crippen LogP contribution in [-0.2, 0) is 0 Å². The third kappa shape index (κ3) is 2.49. The highest BCUT2D eigenvalue weighted by molar-refractivity contribution is 5.86. The van der Waals surface area contributed by atoms with Crippen LogP contribution < -0.4 is 0 Å². The van der Waals surface area contributed by atoms with Gasteiger partial charge in [0.15, 0.2) is 0 Å². The predicted molar refractivity (Wildman–Crippen MR) is 90.5 cm³/mol. The van der Waals surface area contributed by atoms with Crippen molar-refractivity contribution in [2.75, 3.05) is 0 Å². The number of hydrogen-bond donors (Lipinski definition) is 0. The van der Waals surface area contributed by atoms with Crippen LogP contribution in [0.25, 0.3) is 29.4 Å². The van der Waals surface area contributed by atoms with Gasteiger partial charge in [0.2, 0.25) is 0 Å². The van der Waals surface area contributed by atoms with Gasteiger partial charge < -0.3 is 4.57 Å². The topological polar surface area (TPSA) is 4.93 Å². The quantitative estimate of drug-likeness (QED) is 0.652. The van der Waals surface area contributed by atoms with E-state index in [1.165, 1.54) is 12.1 Å². The summed E-state index contributed by atoms with van der Waals surface area (Å²) < 4.78 is 15.4. The van der Waals surface area contributed by atoms with Crippen molar-refractivity contribution in [1.29, 1.82) is 0 Å². The molecule has 21 heavy (non-hydrogen) atoms. The summed E-state index contributed by atoms with van der Waals surface area (Å²) in [5, 5.41) is 0. The van der Waals surface area contributed by atoms with E-state index >= 15 is 0 Å². The fraction of sp³-hybridized carbons (Fsp3) is 0.158. The molecule has 0 aliphatic carbocycles. The highest BCUT2D eigenvalue weighted by Gasteiger charge is 2.20. The van der Waals surface area contributed by atoms with Crippen LogP contribution in [0.5, 0.6) is 0 Å². The van der Waals surface area contributed by atoms with Crippen LogP contribution in [0.3, 0.4) is 0 Å². The molecule has 2 heteroatoms. The van der Waals surface area contributed by atoms with E-state index in [0.717, 1.165) is 28.1 Å². The summed E-state index contributed by atoms with van der Waals surface area (Å²) >= 11 is 0. The average Bonchev–Trinajstić information content (AvgIpc) is 2.81. The van der Waals surface area contributed by atoms with Crippen LogP contribution in [0.15, 0.2) is 44.0 Å². The van der Waals surface area contributed by atoms with E-state index in [-0.39, 0.29) is 11.9 Å². The van der Waals surface area contributed by atoms with Crippen LogP contribution in [-0.4, -0.2) is 4.57 Å². The summed E-state index contributed by atoms with van der Waals surface area (Å²) in [5.41, 5.74) is 4.98. The maximum absolute atomic E-state index is 13.2. The minimum atomic E-state index is -0.244. The van der Waals surface area contributed by atoms with Gasteiger partial charge in [0.05, 0.1) is 0 Å². The standard InChI is InChI=1S/C19H20FN/c1-6-16-17(7-2)21(13(4)5)18(8-3)19(16)14-9-11-15(20)12-10-14/h6-13H,1-3H2,4-5H3. The Kier molecular flexibility index (Phi) is 4.27. The Labute approximate surface area is 125 Å². The van der Waals surface area contributed by atoms with E-state index in [0.29, 0.717) is 0 Å². The van der Waals surface area contributed by atoms with Crippen LogP contribution in [0.1, 0.15) is 36.8 Å². The van der Waals surface area contributed by atoms with E-state index < -0.39 is 0 Å². The Morgan fingerprint density at radius 2 is 1.52 bits per heavy atom. The second-order valence-electron chi connectivity index (χ2n) is 5.14. The molecule has 0 saturated carbocycles. The molecule has 0 unspecified atom stereocenters. The van der Waals surface area contributed by atoms with Gasteiger partial charge in [-0.1, -0.05) is 37.9 Å². The molecule has 0 fully saturated rings. The molecule has 0 aliphatic heterocycles. The Bertz CT molecular complexity index is 687. The van der Waals surface area contributed by atoms with Crippen molar-refractivity contribution in [3.05, 3.63) is 66.8 Å². The molecule has 1 heterocycles. The van der Waals surface area contributed by atoms with E-state index in [9.17, 15) is 4.39 Å². The van der Waals surface area contributed by atoms with Gasteiger partial charge in [-0.2, -0.15) is 0 Å². The molecule has 1 nitrogen and oxygen atoms in total. The lowest BCUT2D eigenvalue weighted by Gasteiger charge is -2.14. The van der Waals surface area contributed by atoms with Crippen molar-refractivity contribution in [2.45, 2.75) is 19.9 Å². The maximum Gasteiger partial charge on any atom is 0.123 e. The SMILES string of the molecule is C=Cc1c(-c2ccc(F)cc2)c(C=C)n(C(C)C)c1C=C. The first-order chi connectivity index (χ1) is 10.0. The maximum atomic E-state index is 13.2. The molecular weight excluding hydrogens is 261 g/mol. The number of hydrogen-bond acceptors (Lipinski definition) is 0. The summed E-state index contributed by atoms with van der Waals surface area (Å²) in [6.45, 7) is 16.0. The molecule has 0 saturated heterocycles. The van der Waals surface area contributed by atoms with Crippen molar-refractivity contribution in [1.82, 2.24) is 4.57 Å². The molecule has 0 amide bonds. The van der Waals surface area contributed by atoms with Gasteiger partial charge >= 0.3 is 0 Å². The van der Waals surface area contributed by atoms with Gasteiger partial charge in [-0.15, -0.1) is 0 Å². The first-order valence-electron chi connectivity index (χ1n) is 6.96. The number of benzene rings is 1. The van der Waals surface area contributed by atoms with Gasteiger partial charge in [-0.05, 0) is 43.7 Å². The third-order valence-electron chi connectivity index (χ3n) is 3.56. The molecular formula is C19H20FN. The number of nitrogens with zero attached hydrogens (tertiary/aromatic N) is 1.